The summed E-state index contributed by atoms with van der Waals surface area (Å²) in [5.41, 5.74) is 2.73. The third kappa shape index (κ3) is 3.48. The van der Waals surface area contributed by atoms with Gasteiger partial charge in [-0.1, -0.05) is 17.7 Å². The number of thiocarbonyl (C=S) groups is 1. The second kappa shape index (κ2) is 6.10. The minimum absolute atomic E-state index is 0.0890. The van der Waals surface area contributed by atoms with Crippen molar-refractivity contribution in [1.82, 2.24) is 15.6 Å². The van der Waals surface area contributed by atoms with Gasteiger partial charge in [0.25, 0.3) is 0 Å². The largest absolute Gasteiger partial charge is 0.364 e. The first kappa shape index (κ1) is 12.5. The fraction of sp³-hybridized carbons (Fsp3) is 0.500. The summed E-state index contributed by atoms with van der Waals surface area (Å²) in [7, 11) is 1.74. The van der Waals surface area contributed by atoms with E-state index in [2.05, 4.69) is 40.4 Å². The first-order chi connectivity index (χ1) is 7.19. The molecule has 2 N–H and O–H groups in total. The maximum absolute atomic E-state index is 4.91. The van der Waals surface area contributed by atoms with Gasteiger partial charge in [0.1, 0.15) is 0 Å². The lowest BCUT2D eigenvalue weighted by Gasteiger charge is -2.13. The Bertz CT molecular complexity index is 331. The Balaban J connectivity index is 2.67. The van der Waals surface area contributed by atoms with Gasteiger partial charge in [0.05, 0.1) is 5.37 Å². The zero-order chi connectivity index (χ0) is 11.3. The second-order valence-electron chi connectivity index (χ2n) is 2.61. The van der Waals surface area contributed by atoms with Crippen LogP contribution in [0.3, 0.4) is 0 Å². The zero-order valence-electron chi connectivity index (χ0n) is 8.44. The van der Waals surface area contributed by atoms with E-state index >= 15 is 0 Å². The SMILES string of the molecule is CC#CN1/C(=N/NC(=S)NC)SCC1S. The zero-order valence-corrected chi connectivity index (χ0v) is 11.0. The number of thiol groups is 1. The summed E-state index contributed by atoms with van der Waals surface area (Å²) in [6.45, 7) is 1.78. The normalized spacial score (nSPS) is 22.2. The van der Waals surface area contributed by atoms with Gasteiger partial charge in [-0.2, -0.15) is 12.6 Å². The van der Waals surface area contributed by atoms with Gasteiger partial charge < -0.3 is 5.32 Å². The van der Waals surface area contributed by atoms with E-state index in [1.807, 2.05) is 4.90 Å². The maximum Gasteiger partial charge on any atom is 0.196 e. The summed E-state index contributed by atoms with van der Waals surface area (Å²) < 4.78 is 0. The number of nitrogens with one attached hydrogen (secondary N) is 2. The molecule has 4 nitrogen and oxygen atoms in total. The molecule has 1 heterocycles. The maximum atomic E-state index is 4.91. The fourth-order valence-electron chi connectivity index (χ4n) is 0.904. The average Bonchev–Trinajstić information content (AvgIpc) is 2.58. The molecule has 0 aromatic carbocycles. The Labute approximate surface area is 105 Å². The van der Waals surface area contributed by atoms with E-state index < -0.39 is 0 Å². The minimum atomic E-state index is 0.0890. The van der Waals surface area contributed by atoms with Gasteiger partial charge in [-0.15, -0.1) is 5.10 Å². The van der Waals surface area contributed by atoms with E-state index in [0.29, 0.717) is 5.11 Å². The highest BCUT2D eigenvalue weighted by Crippen LogP contribution is 2.24. The van der Waals surface area contributed by atoms with Gasteiger partial charge in [-0.05, 0) is 19.1 Å². The van der Waals surface area contributed by atoms with E-state index in [4.69, 9.17) is 12.2 Å². The Morgan fingerprint density at radius 1 is 1.80 bits per heavy atom. The van der Waals surface area contributed by atoms with E-state index in [1.165, 1.54) is 0 Å². The third-order valence-corrected chi connectivity index (χ3v) is 3.56. The highest BCUT2D eigenvalue weighted by atomic mass is 32.2. The van der Waals surface area contributed by atoms with Crippen LogP contribution in [0.25, 0.3) is 0 Å². The summed E-state index contributed by atoms with van der Waals surface area (Å²) in [5.74, 6) is 3.69. The van der Waals surface area contributed by atoms with Gasteiger partial charge >= 0.3 is 0 Å². The molecule has 0 bridgehead atoms. The molecule has 1 aliphatic heterocycles. The van der Waals surface area contributed by atoms with Crippen molar-refractivity contribution in [3.05, 3.63) is 0 Å². The molecule has 1 rings (SSSR count). The molecule has 0 amide bonds. The van der Waals surface area contributed by atoms with Gasteiger partial charge in [-0.3, -0.25) is 10.3 Å². The van der Waals surface area contributed by atoms with Crippen LogP contribution in [0.1, 0.15) is 6.92 Å². The van der Waals surface area contributed by atoms with Crippen molar-refractivity contribution in [2.45, 2.75) is 12.3 Å². The van der Waals surface area contributed by atoms with Crippen molar-refractivity contribution in [3.8, 4) is 12.0 Å². The number of rotatable bonds is 1. The van der Waals surface area contributed by atoms with Gasteiger partial charge in [0.2, 0.25) is 0 Å². The van der Waals surface area contributed by atoms with Crippen LogP contribution in [0, 0.1) is 12.0 Å². The van der Waals surface area contributed by atoms with Crippen LogP contribution < -0.4 is 10.7 Å². The lowest BCUT2D eigenvalue weighted by Crippen LogP contribution is -2.32. The highest BCUT2D eigenvalue weighted by molar-refractivity contribution is 8.14. The van der Waals surface area contributed by atoms with Crippen LogP contribution in [0.15, 0.2) is 5.10 Å². The van der Waals surface area contributed by atoms with E-state index in [-0.39, 0.29) is 5.37 Å². The summed E-state index contributed by atoms with van der Waals surface area (Å²) in [6, 6.07) is 2.94. The van der Waals surface area contributed by atoms with Crippen molar-refractivity contribution in [2.24, 2.45) is 5.10 Å². The number of hydrogen-bond donors (Lipinski definition) is 3. The number of hydrogen-bond acceptors (Lipinski definition) is 4. The molecule has 0 saturated carbocycles. The van der Waals surface area contributed by atoms with Crippen molar-refractivity contribution in [2.75, 3.05) is 12.8 Å². The number of hydrazone groups is 1. The predicted octanol–water partition coefficient (Wildman–Crippen LogP) is 0.637. The van der Waals surface area contributed by atoms with E-state index in [1.54, 1.807) is 25.7 Å². The molecular formula is C8H12N4S3. The number of thioether (sulfide) groups is 1. The van der Waals surface area contributed by atoms with Crippen molar-refractivity contribution >= 4 is 46.9 Å². The Morgan fingerprint density at radius 3 is 3.13 bits per heavy atom. The van der Waals surface area contributed by atoms with Crippen LogP contribution in [0.2, 0.25) is 0 Å². The summed E-state index contributed by atoms with van der Waals surface area (Å²) in [5, 5.41) is 8.29. The minimum Gasteiger partial charge on any atom is -0.364 e. The van der Waals surface area contributed by atoms with Crippen LogP contribution in [0.5, 0.6) is 0 Å². The number of amidine groups is 1. The standard InChI is InChI=1S/C8H12N4S3/c1-3-4-12-6(13)5-15-8(12)11-10-7(14)9-2/h6,13H,5H2,1-2H3,(H2,9,10,14)/b11-8-. The summed E-state index contributed by atoms with van der Waals surface area (Å²) >= 11 is 10.9. The topological polar surface area (TPSA) is 39.7 Å². The molecule has 0 aromatic rings. The van der Waals surface area contributed by atoms with Gasteiger partial charge in [0.15, 0.2) is 10.3 Å². The molecule has 0 radical (unpaired) electrons. The van der Waals surface area contributed by atoms with Crippen LogP contribution in [-0.2, 0) is 0 Å². The second-order valence-corrected chi connectivity index (χ2v) is 4.60. The highest BCUT2D eigenvalue weighted by Gasteiger charge is 2.26. The van der Waals surface area contributed by atoms with Crippen LogP contribution in [-0.4, -0.2) is 33.4 Å². The fourth-order valence-corrected chi connectivity index (χ4v) is 2.29. The molecule has 0 aliphatic carbocycles. The quantitative estimate of drug-likeness (QED) is 0.279. The predicted molar refractivity (Wildman–Crippen MR) is 72.7 cm³/mol. The van der Waals surface area contributed by atoms with Crippen molar-refractivity contribution < 1.29 is 0 Å². The average molecular weight is 260 g/mol. The molecule has 0 spiro atoms. The summed E-state index contributed by atoms with van der Waals surface area (Å²) in [6.07, 6.45) is 0. The smallest absolute Gasteiger partial charge is 0.196 e. The van der Waals surface area contributed by atoms with Gasteiger partial charge in [0, 0.05) is 18.8 Å². The van der Waals surface area contributed by atoms with Gasteiger partial charge in [-0.25, -0.2) is 0 Å². The monoisotopic (exact) mass is 260 g/mol. The molecule has 1 atom stereocenters. The Hall–Kier alpha value is -0.580. The Kier molecular flexibility index (Phi) is 5.08. The number of nitrogens with zero attached hydrogens (tertiary/aromatic N) is 2. The van der Waals surface area contributed by atoms with Crippen LogP contribution in [0.4, 0.5) is 0 Å². The molecular weight excluding hydrogens is 248 g/mol. The summed E-state index contributed by atoms with van der Waals surface area (Å²) in [4.78, 5) is 1.82. The Morgan fingerprint density at radius 2 is 2.53 bits per heavy atom. The lowest BCUT2D eigenvalue weighted by atomic mass is 10.6. The molecule has 7 heteroatoms. The first-order valence-corrected chi connectivity index (χ1v) is 6.18. The van der Waals surface area contributed by atoms with Crippen LogP contribution >= 0.6 is 36.6 Å². The molecule has 1 unspecified atom stereocenters. The van der Waals surface area contributed by atoms with Crippen molar-refractivity contribution in [1.29, 1.82) is 0 Å². The molecule has 1 fully saturated rings. The van der Waals surface area contributed by atoms with Crippen molar-refractivity contribution in [3.63, 3.8) is 0 Å². The first-order valence-electron chi connectivity index (χ1n) is 4.27. The molecule has 15 heavy (non-hydrogen) atoms. The molecule has 82 valence electrons. The third-order valence-electron chi connectivity index (χ3n) is 1.58. The van der Waals surface area contributed by atoms with E-state index in [0.717, 1.165) is 10.9 Å². The molecule has 0 aromatic heterocycles. The molecule has 1 saturated heterocycles. The lowest BCUT2D eigenvalue weighted by molar-refractivity contribution is 0.608. The molecule has 1 aliphatic rings. The van der Waals surface area contributed by atoms with E-state index in [9.17, 15) is 0 Å².